The molecule has 3 N–H and O–H groups in total. The molecule has 0 aliphatic rings. The number of nitrogens with zero attached hydrogens (tertiary/aromatic N) is 1. The van der Waals surface area contributed by atoms with Crippen LogP contribution in [0.15, 0.2) is 27.8 Å². The summed E-state index contributed by atoms with van der Waals surface area (Å²) in [6.45, 7) is 2.01. The lowest BCUT2D eigenvalue weighted by Gasteiger charge is -2.00. The molecule has 14 heavy (non-hydrogen) atoms. The van der Waals surface area contributed by atoms with Gasteiger partial charge in [0.15, 0.2) is 5.11 Å². The Hall–Kier alpha value is -0.940. The monoisotopic (exact) mass is 271 g/mol. The van der Waals surface area contributed by atoms with Crippen LogP contribution in [-0.4, -0.2) is 11.3 Å². The zero-order chi connectivity index (χ0) is 10.6. The number of nitrogens with two attached hydrogens (primary N) is 1. The number of hydrogen-bond acceptors (Lipinski definition) is 2. The van der Waals surface area contributed by atoms with Gasteiger partial charge in [-0.05, 0) is 42.4 Å². The molecule has 1 aromatic carbocycles. The summed E-state index contributed by atoms with van der Waals surface area (Å²) in [6, 6.07) is 5.93. The van der Waals surface area contributed by atoms with Crippen LogP contribution in [-0.2, 0) is 0 Å². The third-order valence-corrected chi connectivity index (χ3v) is 2.19. The molecule has 3 nitrogen and oxygen atoms in total. The molecule has 0 saturated carbocycles. The van der Waals surface area contributed by atoms with Crippen LogP contribution in [0.2, 0.25) is 0 Å². The Morgan fingerprint density at radius 3 is 2.93 bits per heavy atom. The second-order valence-corrected chi connectivity index (χ2v) is 4.09. The van der Waals surface area contributed by atoms with Crippen LogP contribution in [0, 0.1) is 6.92 Å². The quantitative estimate of drug-likeness (QED) is 0.491. The average molecular weight is 272 g/mol. The Morgan fingerprint density at radius 1 is 1.64 bits per heavy atom. The summed E-state index contributed by atoms with van der Waals surface area (Å²) in [5, 5.41) is 4.04. The van der Waals surface area contributed by atoms with Crippen LogP contribution in [0.1, 0.15) is 11.1 Å². The first-order valence-electron chi connectivity index (χ1n) is 3.94. The van der Waals surface area contributed by atoms with Crippen molar-refractivity contribution in [1.29, 1.82) is 0 Å². The highest BCUT2D eigenvalue weighted by Crippen LogP contribution is 2.14. The molecule has 0 aromatic heterocycles. The van der Waals surface area contributed by atoms with E-state index in [1.807, 2.05) is 25.1 Å². The van der Waals surface area contributed by atoms with Crippen LogP contribution in [0.25, 0.3) is 0 Å². The van der Waals surface area contributed by atoms with Crippen molar-refractivity contribution < 1.29 is 0 Å². The molecule has 0 saturated heterocycles. The minimum atomic E-state index is 0.163. The minimum Gasteiger partial charge on any atom is -0.375 e. The Kier molecular flexibility index (Phi) is 4.03. The van der Waals surface area contributed by atoms with Crippen molar-refractivity contribution in [1.82, 2.24) is 5.43 Å². The predicted molar refractivity (Wildman–Crippen MR) is 66.4 cm³/mol. The number of halogens is 1. The number of nitrogens with one attached hydrogen (secondary N) is 1. The van der Waals surface area contributed by atoms with Gasteiger partial charge in [0, 0.05) is 4.47 Å². The number of benzene rings is 1. The van der Waals surface area contributed by atoms with E-state index in [9.17, 15) is 0 Å². The lowest BCUT2D eigenvalue weighted by Crippen LogP contribution is -2.24. The normalized spacial score (nSPS) is 10.4. The van der Waals surface area contributed by atoms with Crippen LogP contribution < -0.4 is 11.2 Å². The smallest absolute Gasteiger partial charge is 0.184 e. The van der Waals surface area contributed by atoms with Gasteiger partial charge < -0.3 is 5.73 Å². The zero-order valence-corrected chi connectivity index (χ0v) is 10.0. The fourth-order valence-corrected chi connectivity index (χ4v) is 1.48. The van der Waals surface area contributed by atoms with E-state index >= 15 is 0 Å². The van der Waals surface area contributed by atoms with Crippen LogP contribution in [0.5, 0.6) is 0 Å². The average Bonchev–Trinajstić information content (AvgIpc) is 2.08. The molecule has 5 heteroatoms. The standard InChI is InChI=1S/C9H10BrN3S/c1-6-4-8(10)3-2-7(6)5-12-13-9(11)14/h2-5H,1H3,(H3,11,13,14). The molecule has 0 radical (unpaired) electrons. The molecule has 74 valence electrons. The van der Waals surface area contributed by atoms with E-state index in [0.717, 1.165) is 15.6 Å². The fraction of sp³-hybridized carbons (Fsp3) is 0.111. The third kappa shape index (κ3) is 3.43. The van der Waals surface area contributed by atoms with Crippen LogP contribution >= 0.6 is 28.1 Å². The van der Waals surface area contributed by atoms with Crippen molar-refractivity contribution in [3.05, 3.63) is 33.8 Å². The fourth-order valence-electron chi connectivity index (χ4n) is 0.949. The van der Waals surface area contributed by atoms with E-state index in [1.54, 1.807) is 6.21 Å². The first-order valence-corrected chi connectivity index (χ1v) is 5.14. The highest BCUT2D eigenvalue weighted by molar-refractivity contribution is 9.10. The summed E-state index contributed by atoms with van der Waals surface area (Å²) in [7, 11) is 0. The van der Waals surface area contributed by atoms with Gasteiger partial charge in [-0.2, -0.15) is 5.10 Å². The van der Waals surface area contributed by atoms with E-state index in [4.69, 9.17) is 5.73 Å². The van der Waals surface area contributed by atoms with Crippen molar-refractivity contribution in [2.24, 2.45) is 10.8 Å². The number of rotatable bonds is 2. The number of hydrogen-bond donors (Lipinski definition) is 2. The lowest BCUT2D eigenvalue weighted by atomic mass is 10.1. The van der Waals surface area contributed by atoms with E-state index in [-0.39, 0.29) is 5.11 Å². The first kappa shape index (κ1) is 11.1. The van der Waals surface area contributed by atoms with Gasteiger partial charge in [-0.25, -0.2) is 0 Å². The van der Waals surface area contributed by atoms with Gasteiger partial charge >= 0.3 is 0 Å². The van der Waals surface area contributed by atoms with Gasteiger partial charge in [-0.3, -0.25) is 5.43 Å². The summed E-state index contributed by atoms with van der Waals surface area (Å²) in [6.07, 6.45) is 1.68. The topological polar surface area (TPSA) is 50.4 Å². The molecule has 0 atom stereocenters. The van der Waals surface area contributed by atoms with Crippen LogP contribution in [0.3, 0.4) is 0 Å². The molecule has 0 aliphatic heterocycles. The number of thiocarbonyl (C=S) groups is 1. The van der Waals surface area contributed by atoms with E-state index in [1.165, 1.54) is 0 Å². The molecule has 0 bridgehead atoms. The Bertz CT molecular complexity index is 376. The van der Waals surface area contributed by atoms with Gasteiger partial charge in [0.25, 0.3) is 0 Å². The van der Waals surface area contributed by atoms with Gasteiger partial charge in [-0.15, -0.1) is 0 Å². The summed E-state index contributed by atoms with van der Waals surface area (Å²) in [4.78, 5) is 0. The zero-order valence-electron chi connectivity index (χ0n) is 7.62. The highest BCUT2D eigenvalue weighted by atomic mass is 79.9. The molecule has 0 heterocycles. The highest BCUT2D eigenvalue weighted by Gasteiger charge is 1.95. The molecule has 0 spiro atoms. The van der Waals surface area contributed by atoms with Crippen molar-refractivity contribution in [3.63, 3.8) is 0 Å². The molecule has 0 unspecified atom stereocenters. The third-order valence-electron chi connectivity index (χ3n) is 1.61. The minimum absolute atomic E-state index is 0.163. The lowest BCUT2D eigenvalue weighted by molar-refractivity contribution is 1.04. The summed E-state index contributed by atoms with van der Waals surface area (Å²) >= 11 is 8.00. The Balaban J connectivity index is 2.76. The van der Waals surface area contributed by atoms with Crippen LogP contribution in [0.4, 0.5) is 0 Å². The predicted octanol–water partition coefficient (Wildman–Crippen LogP) is 1.92. The second-order valence-electron chi connectivity index (χ2n) is 2.74. The second kappa shape index (κ2) is 5.07. The van der Waals surface area contributed by atoms with Gasteiger partial charge in [0.05, 0.1) is 6.21 Å². The number of hydrazone groups is 1. The van der Waals surface area contributed by atoms with E-state index < -0.39 is 0 Å². The maximum absolute atomic E-state index is 5.22. The summed E-state index contributed by atoms with van der Waals surface area (Å²) in [5.74, 6) is 0. The Morgan fingerprint density at radius 2 is 2.36 bits per heavy atom. The summed E-state index contributed by atoms with van der Waals surface area (Å²) in [5.41, 5.74) is 9.88. The van der Waals surface area contributed by atoms with Crippen molar-refractivity contribution in [2.75, 3.05) is 0 Å². The van der Waals surface area contributed by atoms with E-state index in [0.29, 0.717) is 0 Å². The molecule has 0 fully saturated rings. The van der Waals surface area contributed by atoms with Crippen molar-refractivity contribution >= 4 is 39.5 Å². The molecule has 0 amide bonds. The first-order chi connectivity index (χ1) is 6.59. The SMILES string of the molecule is Cc1cc(Br)ccc1C=NNC(N)=S. The molecule has 0 aliphatic carbocycles. The van der Waals surface area contributed by atoms with Gasteiger partial charge in [0.1, 0.15) is 0 Å². The molecular weight excluding hydrogens is 262 g/mol. The van der Waals surface area contributed by atoms with Crippen molar-refractivity contribution in [2.45, 2.75) is 6.92 Å². The summed E-state index contributed by atoms with van der Waals surface area (Å²) < 4.78 is 1.05. The molecule has 1 aromatic rings. The molecule has 1 rings (SSSR count). The van der Waals surface area contributed by atoms with E-state index in [2.05, 4.69) is 38.7 Å². The Labute approximate surface area is 96.5 Å². The maximum atomic E-state index is 5.22. The van der Waals surface area contributed by atoms with Gasteiger partial charge in [-0.1, -0.05) is 22.0 Å². The van der Waals surface area contributed by atoms with Crippen molar-refractivity contribution in [3.8, 4) is 0 Å². The molecular formula is C9H10BrN3S. The largest absolute Gasteiger partial charge is 0.375 e. The van der Waals surface area contributed by atoms with Gasteiger partial charge in [0.2, 0.25) is 0 Å². The number of aryl methyl sites for hydroxylation is 1. The maximum Gasteiger partial charge on any atom is 0.184 e.